The first-order valence-corrected chi connectivity index (χ1v) is 10.4. The van der Waals surface area contributed by atoms with Gasteiger partial charge in [0.2, 0.25) is 5.91 Å². The molecule has 1 fully saturated rings. The van der Waals surface area contributed by atoms with Crippen molar-refractivity contribution in [1.82, 2.24) is 19.1 Å². The van der Waals surface area contributed by atoms with Crippen molar-refractivity contribution in [3.05, 3.63) is 40.7 Å². The average Bonchev–Trinajstić information content (AvgIpc) is 3.57. The second-order valence-electron chi connectivity index (χ2n) is 7.82. The van der Waals surface area contributed by atoms with Crippen LogP contribution in [-0.4, -0.2) is 44.3 Å². The predicted octanol–water partition coefficient (Wildman–Crippen LogP) is 3.05. The molecule has 34 heavy (non-hydrogen) atoms. The minimum absolute atomic E-state index is 0.00354. The van der Waals surface area contributed by atoms with E-state index in [4.69, 9.17) is 4.74 Å². The average molecular weight is 478 g/mol. The number of fused-ring (bicyclic) bond motifs is 1. The Morgan fingerprint density at radius 1 is 1.21 bits per heavy atom. The van der Waals surface area contributed by atoms with Crippen LogP contribution < -0.4 is 16.2 Å². The van der Waals surface area contributed by atoms with E-state index < -0.39 is 24.2 Å². The van der Waals surface area contributed by atoms with Crippen molar-refractivity contribution in [2.45, 2.75) is 39.0 Å². The molecule has 0 unspecified atom stereocenters. The molecule has 0 bridgehead atoms. The lowest BCUT2D eigenvalue weighted by molar-refractivity contribution is -0.141. The largest absolute Gasteiger partial charge is 0.465 e. The van der Waals surface area contributed by atoms with E-state index in [1.54, 1.807) is 11.5 Å². The maximum atomic E-state index is 12.9. The molecule has 2 N–H and O–H groups in total. The Labute approximate surface area is 190 Å². The molecule has 0 radical (unpaired) electrons. The van der Waals surface area contributed by atoms with Crippen LogP contribution in [0.2, 0.25) is 0 Å². The standard InChI is InChI=1S/C21H21F3N6O4/c1-3-29-8-14(16-17(29)26-10-30(19(16)32)9-21(22,23)24)27-13-6-15(28-18(31)11-4-5-11)25-7-12(13)20(33)34-2/h6-8,10-11H,3-5,9H2,1-2H3,(H2,25,27,28,31). The monoisotopic (exact) mass is 478 g/mol. The van der Waals surface area contributed by atoms with Gasteiger partial charge in [0.1, 0.15) is 35.3 Å². The van der Waals surface area contributed by atoms with Crippen LogP contribution in [0.3, 0.4) is 0 Å². The van der Waals surface area contributed by atoms with Gasteiger partial charge in [0, 0.05) is 30.9 Å². The van der Waals surface area contributed by atoms with Crippen molar-refractivity contribution >= 4 is 40.1 Å². The van der Waals surface area contributed by atoms with Gasteiger partial charge in [-0.05, 0) is 19.8 Å². The van der Waals surface area contributed by atoms with Gasteiger partial charge in [-0.2, -0.15) is 13.2 Å². The Balaban J connectivity index is 1.79. The van der Waals surface area contributed by atoms with Gasteiger partial charge in [0.25, 0.3) is 5.56 Å². The maximum absolute atomic E-state index is 12.9. The van der Waals surface area contributed by atoms with Crippen LogP contribution in [0.4, 0.5) is 30.4 Å². The van der Waals surface area contributed by atoms with Crippen molar-refractivity contribution in [3.8, 4) is 0 Å². The second kappa shape index (κ2) is 8.80. The molecule has 1 saturated carbocycles. The van der Waals surface area contributed by atoms with E-state index in [1.807, 2.05) is 0 Å². The summed E-state index contributed by atoms with van der Waals surface area (Å²) in [5, 5.41) is 5.51. The number of esters is 1. The Kier molecular flexibility index (Phi) is 6.02. The lowest BCUT2D eigenvalue weighted by Gasteiger charge is -2.13. The van der Waals surface area contributed by atoms with E-state index >= 15 is 0 Å². The molecule has 1 amide bonds. The van der Waals surface area contributed by atoms with Gasteiger partial charge in [0.05, 0.1) is 18.5 Å². The van der Waals surface area contributed by atoms with E-state index in [-0.39, 0.29) is 45.6 Å². The van der Waals surface area contributed by atoms with Gasteiger partial charge < -0.3 is 19.9 Å². The number of methoxy groups -OCH3 is 1. The molecule has 3 aromatic heterocycles. The summed E-state index contributed by atoms with van der Waals surface area (Å²) in [5.74, 6) is -0.855. The number of hydrogen-bond acceptors (Lipinski definition) is 7. The van der Waals surface area contributed by atoms with Gasteiger partial charge in [0.15, 0.2) is 0 Å². The second-order valence-corrected chi connectivity index (χ2v) is 7.82. The van der Waals surface area contributed by atoms with Crippen LogP contribution in [0.25, 0.3) is 11.0 Å². The van der Waals surface area contributed by atoms with E-state index in [9.17, 15) is 27.6 Å². The summed E-state index contributed by atoms with van der Waals surface area (Å²) in [5.41, 5.74) is -0.420. The number of carbonyl (C=O) groups is 2. The Morgan fingerprint density at radius 2 is 1.94 bits per heavy atom. The zero-order valence-electron chi connectivity index (χ0n) is 18.3. The minimum atomic E-state index is -4.61. The van der Waals surface area contributed by atoms with Gasteiger partial charge in [-0.25, -0.2) is 14.8 Å². The molecule has 180 valence electrons. The third kappa shape index (κ3) is 4.72. The Bertz CT molecular complexity index is 1330. The SMILES string of the molecule is CCn1cc(Nc2cc(NC(=O)C3CC3)ncc2C(=O)OC)c2c(=O)n(CC(F)(F)F)cnc21. The third-order valence-electron chi connectivity index (χ3n) is 5.31. The number of carbonyl (C=O) groups excluding carboxylic acids is 2. The number of aryl methyl sites for hydroxylation is 1. The fourth-order valence-corrected chi connectivity index (χ4v) is 3.48. The fraction of sp³-hybridized carbons (Fsp3) is 0.381. The number of nitrogens with one attached hydrogen (secondary N) is 2. The van der Waals surface area contributed by atoms with E-state index in [1.165, 1.54) is 25.6 Å². The lowest BCUT2D eigenvalue weighted by atomic mass is 10.2. The number of rotatable bonds is 7. The number of ether oxygens (including phenoxy) is 1. The third-order valence-corrected chi connectivity index (χ3v) is 5.31. The number of hydrogen-bond donors (Lipinski definition) is 2. The summed E-state index contributed by atoms with van der Waals surface area (Å²) >= 11 is 0. The predicted molar refractivity (Wildman–Crippen MR) is 116 cm³/mol. The van der Waals surface area contributed by atoms with Crippen LogP contribution in [0, 0.1) is 5.92 Å². The molecular formula is C21H21F3N6O4. The molecule has 13 heteroatoms. The smallest absolute Gasteiger partial charge is 0.406 e. The van der Waals surface area contributed by atoms with Gasteiger partial charge >= 0.3 is 12.1 Å². The van der Waals surface area contributed by atoms with E-state index in [0.29, 0.717) is 11.1 Å². The highest BCUT2D eigenvalue weighted by Crippen LogP contribution is 2.32. The Morgan fingerprint density at radius 3 is 2.56 bits per heavy atom. The summed E-state index contributed by atoms with van der Waals surface area (Å²) in [6, 6.07) is 1.40. The summed E-state index contributed by atoms with van der Waals surface area (Å²) < 4.78 is 45.6. The number of aromatic nitrogens is 4. The zero-order valence-corrected chi connectivity index (χ0v) is 18.3. The maximum Gasteiger partial charge on any atom is 0.406 e. The molecule has 1 aliphatic rings. The van der Waals surface area contributed by atoms with Gasteiger partial charge in [-0.1, -0.05) is 0 Å². The normalized spacial score (nSPS) is 13.7. The van der Waals surface area contributed by atoms with Crippen molar-refractivity contribution in [3.63, 3.8) is 0 Å². The minimum Gasteiger partial charge on any atom is -0.465 e. The number of halogens is 3. The molecule has 0 spiro atoms. The number of alkyl halides is 3. The number of anilines is 3. The van der Waals surface area contributed by atoms with E-state index in [0.717, 1.165) is 19.2 Å². The summed E-state index contributed by atoms with van der Waals surface area (Å²) in [6.07, 6.45) is 0.524. The van der Waals surface area contributed by atoms with Crippen molar-refractivity contribution < 1.29 is 27.5 Å². The highest BCUT2D eigenvalue weighted by atomic mass is 19.4. The van der Waals surface area contributed by atoms with Crippen molar-refractivity contribution in [1.29, 1.82) is 0 Å². The van der Waals surface area contributed by atoms with E-state index in [2.05, 4.69) is 20.6 Å². The first-order chi connectivity index (χ1) is 16.1. The summed E-state index contributed by atoms with van der Waals surface area (Å²) in [6.45, 7) is 0.673. The van der Waals surface area contributed by atoms with Crippen LogP contribution in [-0.2, 0) is 22.6 Å². The lowest BCUT2D eigenvalue weighted by Crippen LogP contribution is -2.28. The molecule has 10 nitrogen and oxygen atoms in total. The molecule has 4 rings (SSSR count). The molecule has 0 aromatic carbocycles. The highest BCUT2D eigenvalue weighted by Gasteiger charge is 2.31. The van der Waals surface area contributed by atoms with Crippen molar-refractivity contribution in [2.75, 3.05) is 17.7 Å². The zero-order chi connectivity index (χ0) is 24.6. The number of pyridine rings is 1. The molecule has 3 heterocycles. The van der Waals surface area contributed by atoms with Crippen LogP contribution in [0.1, 0.15) is 30.1 Å². The molecule has 0 atom stereocenters. The quantitative estimate of drug-likeness (QED) is 0.501. The van der Waals surface area contributed by atoms with Crippen LogP contribution >= 0.6 is 0 Å². The van der Waals surface area contributed by atoms with Crippen LogP contribution in [0.15, 0.2) is 29.6 Å². The van der Waals surface area contributed by atoms with Gasteiger partial charge in [-0.15, -0.1) is 0 Å². The molecule has 1 aliphatic carbocycles. The first-order valence-electron chi connectivity index (χ1n) is 10.4. The fourth-order valence-electron chi connectivity index (χ4n) is 3.48. The highest BCUT2D eigenvalue weighted by molar-refractivity contribution is 6.00. The molecule has 3 aromatic rings. The Hall–Kier alpha value is -3.90. The van der Waals surface area contributed by atoms with Crippen molar-refractivity contribution in [2.24, 2.45) is 5.92 Å². The number of nitrogens with zero attached hydrogens (tertiary/aromatic N) is 4. The van der Waals surface area contributed by atoms with Gasteiger partial charge in [-0.3, -0.25) is 14.2 Å². The van der Waals surface area contributed by atoms with Crippen LogP contribution in [0.5, 0.6) is 0 Å². The summed E-state index contributed by atoms with van der Waals surface area (Å²) in [4.78, 5) is 45.4. The molecular weight excluding hydrogens is 457 g/mol. The topological polar surface area (TPSA) is 120 Å². The molecule has 0 aliphatic heterocycles. The summed E-state index contributed by atoms with van der Waals surface area (Å²) in [7, 11) is 1.18. The molecule has 0 saturated heterocycles. The number of amides is 1. The first kappa shape index (κ1) is 23.3.